The lowest BCUT2D eigenvalue weighted by Gasteiger charge is -2.21. The molecule has 0 saturated heterocycles. The molecule has 1 saturated carbocycles. The number of carbonyl (C=O) groups is 1. The summed E-state index contributed by atoms with van der Waals surface area (Å²) in [7, 11) is 0. The van der Waals surface area contributed by atoms with Crippen molar-refractivity contribution in [3.63, 3.8) is 0 Å². The number of carboxylic acids is 1. The standard InChI is InChI=1S/C11H14O3/c1-7-3-6-9(14-7)11(2,10(12)13)8-4-5-8/h3,6,8H,4-5H2,1-2H3,(H,12,13). The van der Waals surface area contributed by atoms with Crippen molar-refractivity contribution in [3.8, 4) is 0 Å². The molecule has 1 aromatic rings. The fourth-order valence-electron chi connectivity index (χ4n) is 1.86. The van der Waals surface area contributed by atoms with Crippen LogP contribution in [-0.4, -0.2) is 11.1 Å². The molecule has 1 fully saturated rings. The quantitative estimate of drug-likeness (QED) is 0.803. The van der Waals surface area contributed by atoms with E-state index in [1.54, 1.807) is 13.0 Å². The van der Waals surface area contributed by atoms with Gasteiger partial charge in [0, 0.05) is 0 Å². The second-order valence-corrected chi connectivity index (χ2v) is 4.19. The third-order valence-corrected chi connectivity index (χ3v) is 3.09. The van der Waals surface area contributed by atoms with Crippen LogP contribution in [0.2, 0.25) is 0 Å². The first-order valence-corrected chi connectivity index (χ1v) is 4.85. The van der Waals surface area contributed by atoms with Crippen LogP contribution < -0.4 is 0 Å². The molecule has 1 aliphatic rings. The van der Waals surface area contributed by atoms with Crippen LogP contribution in [0.4, 0.5) is 0 Å². The van der Waals surface area contributed by atoms with E-state index in [2.05, 4.69) is 0 Å². The smallest absolute Gasteiger partial charge is 0.317 e. The lowest BCUT2D eigenvalue weighted by atomic mass is 9.82. The third-order valence-electron chi connectivity index (χ3n) is 3.09. The van der Waals surface area contributed by atoms with Gasteiger partial charge in [-0.05, 0) is 44.7 Å². The summed E-state index contributed by atoms with van der Waals surface area (Å²) in [6.07, 6.45) is 1.98. The van der Waals surface area contributed by atoms with Gasteiger partial charge in [0.05, 0.1) is 0 Å². The van der Waals surface area contributed by atoms with Crippen LogP contribution in [0.3, 0.4) is 0 Å². The summed E-state index contributed by atoms with van der Waals surface area (Å²) >= 11 is 0. The summed E-state index contributed by atoms with van der Waals surface area (Å²) in [5, 5.41) is 9.25. The monoisotopic (exact) mass is 194 g/mol. The van der Waals surface area contributed by atoms with Crippen molar-refractivity contribution in [2.45, 2.75) is 32.1 Å². The van der Waals surface area contributed by atoms with Crippen LogP contribution in [-0.2, 0) is 10.2 Å². The van der Waals surface area contributed by atoms with Crippen molar-refractivity contribution in [1.29, 1.82) is 0 Å². The molecule has 2 rings (SSSR count). The van der Waals surface area contributed by atoms with E-state index in [0.29, 0.717) is 5.76 Å². The Morgan fingerprint density at radius 2 is 2.21 bits per heavy atom. The largest absolute Gasteiger partial charge is 0.480 e. The maximum atomic E-state index is 11.3. The van der Waals surface area contributed by atoms with Gasteiger partial charge in [0.2, 0.25) is 0 Å². The molecule has 14 heavy (non-hydrogen) atoms. The highest BCUT2D eigenvalue weighted by Crippen LogP contribution is 2.47. The van der Waals surface area contributed by atoms with E-state index in [1.807, 2.05) is 13.0 Å². The van der Waals surface area contributed by atoms with E-state index in [-0.39, 0.29) is 5.92 Å². The van der Waals surface area contributed by atoms with Crippen LogP contribution in [0.15, 0.2) is 16.5 Å². The van der Waals surface area contributed by atoms with Gasteiger partial charge in [0.15, 0.2) is 0 Å². The van der Waals surface area contributed by atoms with E-state index in [0.717, 1.165) is 18.6 Å². The summed E-state index contributed by atoms with van der Waals surface area (Å²) in [5.74, 6) is 0.818. The van der Waals surface area contributed by atoms with Gasteiger partial charge in [-0.25, -0.2) is 0 Å². The van der Waals surface area contributed by atoms with Gasteiger partial charge in [-0.3, -0.25) is 4.79 Å². The van der Waals surface area contributed by atoms with Crippen molar-refractivity contribution in [1.82, 2.24) is 0 Å². The molecule has 1 heterocycles. The fraction of sp³-hybridized carbons (Fsp3) is 0.545. The van der Waals surface area contributed by atoms with Crippen molar-refractivity contribution in [3.05, 3.63) is 23.7 Å². The Bertz CT molecular complexity index is 362. The lowest BCUT2D eigenvalue weighted by molar-refractivity contribution is -0.144. The molecular weight excluding hydrogens is 180 g/mol. The van der Waals surface area contributed by atoms with Crippen LogP contribution in [0.25, 0.3) is 0 Å². The molecule has 3 nitrogen and oxygen atoms in total. The first kappa shape index (κ1) is 9.31. The molecule has 1 aliphatic carbocycles. The molecule has 0 radical (unpaired) electrons. The Morgan fingerprint density at radius 3 is 2.57 bits per heavy atom. The first-order chi connectivity index (χ1) is 6.55. The summed E-state index contributed by atoms with van der Waals surface area (Å²) in [5.41, 5.74) is -0.825. The average molecular weight is 194 g/mol. The normalized spacial score (nSPS) is 20.4. The maximum absolute atomic E-state index is 11.3. The molecular formula is C11H14O3. The summed E-state index contributed by atoms with van der Waals surface area (Å²) in [6, 6.07) is 3.60. The molecule has 0 bridgehead atoms. The van der Waals surface area contributed by atoms with Gasteiger partial charge in [0.1, 0.15) is 16.9 Å². The second kappa shape index (κ2) is 2.87. The summed E-state index contributed by atoms with van der Waals surface area (Å²) in [6.45, 7) is 3.59. The number of furan rings is 1. The van der Waals surface area contributed by atoms with Crippen molar-refractivity contribution in [2.24, 2.45) is 5.92 Å². The van der Waals surface area contributed by atoms with Crippen molar-refractivity contribution < 1.29 is 14.3 Å². The molecule has 1 aromatic heterocycles. The maximum Gasteiger partial charge on any atom is 0.317 e. The van der Waals surface area contributed by atoms with Crippen LogP contribution in [0.1, 0.15) is 31.3 Å². The van der Waals surface area contributed by atoms with Gasteiger partial charge in [-0.2, -0.15) is 0 Å². The minimum absolute atomic E-state index is 0.241. The third kappa shape index (κ3) is 1.24. The van der Waals surface area contributed by atoms with E-state index in [1.165, 1.54) is 0 Å². The first-order valence-electron chi connectivity index (χ1n) is 4.85. The van der Waals surface area contributed by atoms with Gasteiger partial charge < -0.3 is 9.52 Å². The van der Waals surface area contributed by atoms with E-state index in [9.17, 15) is 9.90 Å². The van der Waals surface area contributed by atoms with Crippen LogP contribution in [0, 0.1) is 12.8 Å². The summed E-state index contributed by atoms with van der Waals surface area (Å²) in [4.78, 5) is 11.3. The molecule has 0 aromatic carbocycles. The zero-order valence-electron chi connectivity index (χ0n) is 8.41. The van der Waals surface area contributed by atoms with E-state index < -0.39 is 11.4 Å². The van der Waals surface area contributed by atoms with Crippen molar-refractivity contribution >= 4 is 5.97 Å². The van der Waals surface area contributed by atoms with Crippen LogP contribution >= 0.6 is 0 Å². The molecule has 1 N–H and O–H groups in total. The molecule has 1 atom stereocenters. The van der Waals surface area contributed by atoms with Crippen molar-refractivity contribution in [2.75, 3.05) is 0 Å². The Kier molecular flexibility index (Phi) is 1.91. The predicted molar refractivity (Wildman–Crippen MR) is 51.2 cm³/mol. The molecule has 0 amide bonds. The Hall–Kier alpha value is -1.25. The number of hydrogen-bond donors (Lipinski definition) is 1. The minimum Gasteiger partial charge on any atom is -0.480 e. The number of aliphatic carboxylic acids is 1. The molecule has 1 unspecified atom stereocenters. The second-order valence-electron chi connectivity index (χ2n) is 4.19. The average Bonchev–Trinajstić information content (AvgIpc) is 2.88. The SMILES string of the molecule is Cc1ccc(C(C)(C(=O)O)C2CC2)o1. The topological polar surface area (TPSA) is 50.4 Å². The molecule has 76 valence electrons. The van der Waals surface area contributed by atoms with Gasteiger partial charge >= 0.3 is 5.97 Å². The number of carboxylic acid groups (broad SMARTS) is 1. The highest BCUT2D eigenvalue weighted by atomic mass is 16.4. The molecule has 0 spiro atoms. The molecule has 3 heteroatoms. The Morgan fingerprint density at radius 1 is 1.57 bits per heavy atom. The Labute approximate surface area is 82.7 Å². The lowest BCUT2D eigenvalue weighted by Crippen LogP contribution is -2.34. The van der Waals surface area contributed by atoms with Gasteiger partial charge in [0.25, 0.3) is 0 Å². The summed E-state index contributed by atoms with van der Waals surface area (Å²) < 4.78 is 5.43. The fourth-order valence-corrected chi connectivity index (χ4v) is 1.86. The Balaban J connectivity index is 2.40. The highest BCUT2D eigenvalue weighted by molar-refractivity contribution is 5.80. The zero-order valence-corrected chi connectivity index (χ0v) is 8.41. The van der Waals surface area contributed by atoms with Gasteiger partial charge in [-0.1, -0.05) is 0 Å². The zero-order chi connectivity index (χ0) is 10.3. The highest BCUT2D eigenvalue weighted by Gasteiger charge is 2.50. The minimum atomic E-state index is -0.825. The molecule has 0 aliphatic heterocycles. The predicted octanol–water partition coefficient (Wildman–Crippen LogP) is 2.34. The van der Waals surface area contributed by atoms with E-state index >= 15 is 0 Å². The van der Waals surface area contributed by atoms with Crippen LogP contribution in [0.5, 0.6) is 0 Å². The van der Waals surface area contributed by atoms with Gasteiger partial charge in [-0.15, -0.1) is 0 Å². The van der Waals surface area contributed by atoms with E-state index in [4.69, 9.17) is 4.42 Å². The number of rotatable bonds is 3. The number of aryl methyl sites for hydroxylation is 1. The number of hydrogen-bond acceptors (Lipinski definition) is 2.